The van der Waals surface area contributed by atoms with Crippen molar-refractivity contribution in [3.8, 4) is 0 Å². The van der Waals surface area contributed by atoms with E-state index in [-0.39, 0.29) is 15.5 Å². The number of piperidine rings is 1. The Kier molecular flexibility index (Phi) is 8.79. The van der Waals surface area contributed by atoms with Crippen LogP contribution in [0.4, 0.5) is 13.2 Å². The third-order valence-corrected chi connectivity index (χ3v) is 7.93. The second-order valence-corrected chi connectivity index (χ2v) is 10.5. The van der Waals surface area contributed by atoms with Gasteiger partial charge in [-0.1, -0.05) is 41.9 Å². The zero-order chi connectivity index (χ0) is 25.6. The summed E-state index contributed by atoms with van der Waals surface area (Å²) in [6.07, 6.45) is -2.41. The maximum atomic E-state index is 13.2. The number of ether oxygens (including phenoxy) is 1. The molecule has 0 atom stereocenters. The number of carbonyl (C=O) groups is 2. The largest absolute Gasteiger partial charge is 0.452 e. The fraction of sp³-hybridized carbons (Fsp3) is 0.391. The van der Waals surface area contributed by atoms with Crippen LogP contribution in [0.3, 0.4) is 0 Å². The number of nitrogens with zero attached hydrogens (tertiary/aromatic N) is 1. The van der Waals surface area contributed by atoms with Crippen molar-refractivity contribution >= 4 is 33.5 Å². The molecule has 0 aliphatic carbocycles. The van der Waals surface area contributed by atoms with Crippen molar-refractivity contribution in [2.24, 2.45) is 5.92 Å². The molecule has 35 heavy (non-hydrogen) atoms. The molecule has 3 rings (SSSR count). The van der Waals surface area contributed by atoms with Gasteiger partial charge in [-0.05, 0) is 48.9 Å². The molecule has 0 unspecified atom stereocenters. The molecular weight excluding hydrogens is 509 g/mol. The summed E-state index contributed by atoms with van der Waals surface area (Å²) in [6.45, 7) is -1.92. The molecule has 1 heterocycles. The molecule has 0 radical (unpaired) electrons. The zero-order valence-electron chi connectivity index (χ0n) is 18.6. The Morgan fingerprint density at radius 3 is 2.37 bits per heavy atom. The van der Waals surface area contributed by atoms with Crippen molar-refractivity contribution in [3.05, 3.63) is 64.7 Å². The molecule has 1 amide bonds. The molecule has 1 saturated heterocycles. The highest BCUT2D eigenvalue weighted by molar-refractivity contribution is 7.89. The number of hydrogen-bond donors (Lipinski definition) is 1. The summed E-state index contributed by atoms with van der Waals surface area (Å²) in [4.78, 5) is 23.4. The number of benzene rings is 2. The van der Waals surface area contributed by atoms with Gasteiger partial charge in [0.1, 0.15) is 11.4 Å². The van der Waals surface area contributed by atoms with E-state index in [1.54, 1.807) is 5.32 Å². The summed E-state index contributed by atoms with van der Waals surface area (Å²) in [5.41, 5.74) is 0.991. The van der Waals surface area contributed by atoms with E-state index in [1.807, 2.05) is 30.3 Å². The zero-order valence-corrected chi connectivity index (χ0v) is 20.1. The Balaban J connectivity index is 1.62. The van der Waals surface area contributed by atoms with Crippen molar-refractivity contribution in [2.45, 2.75) is 30.3 Å². The van der Waals surface area contributed by atoms with Gasteiger partial charge in [0.05, 0.1) is 10.6 Å². The second-order valence-electron chi connectivity index (χ2n) is 8.15. The molecule has 1 fully saturated rings. The van der Waals surface area contributed by atoms with E-state index in [0.717, 1.165) is 12.5 Å². The maximum absolute atomic E-state index is 13.2. The van der Waals surface area contributed by atoms with E-state index in [9.17, 15) is 31.2 Å². The average molecular weight is 533 g/mol. The van der Waals surface area contributed by atoms with Gasteiger partial charge in [0.25, 0.3) is 5.91 Å². The summed E-state index contributed by atoms with van der Waals surface area (Å²) in [5.74, 6) is -1.87. The average Bonchev–Trinajstić information content (AvgIpc) is 2.82. The summed E-state index contributed by atoms with van der Waals surface area (Å²) in [7, 11) is -4.01. The number of halogens is 4. The SMILES string of the molecule is O=C(COC(=O)c1ccc(Cl)c(S(=O)(=O)N2CCC(Cc3ccccc3)CC2)c1)NCC(F)(F)F. The van der Waals surface area contributed by atoms with E-state index >= 15 is 0 Å². The highest BCUT2D eigenvalue weighted by Gasteiger charge is 2.32. The van der Waals surface area contributed by atoms with Crippen molar-refractivity contribution in [2.75, 3.05) is 26.2 Å². The van der Waals surface area contributed by atoms with Crippen LogP contribution in [0, 0.1) is 5.92 Å². The molecule has 0 aromatic heterocycles. The standard InChI is InChI=1S/C23H24ClF3N2O5S/c24-19-7-6-18(22(31)34-14-21(30)28-15-23(25,26)27)13-20(19)35(32,33)29-10-8-17(9-11-29)12-16-4-2-1-3-5-16/h1-7,13,17H,8-12,14-15H2,(H,28,30). The first kappa shape index (κ1) is 27.0. The fourth-order valence-electron chi connectivity index (χ4n) is 3.73. The van der Waals surface area contributed by atoms with Crippen molar-refractivity contribution in [1.29, 1.82) is 0 Å². The van der Waals surface area contributed by atoms with Crippen LogP contribution in [0.15, 0.2) is 53.4 Å². The molecular formula is C23H24ClF3N2O5S. The van der Waals surface area contributed by atoms with E-state index in [0.29, 0.717) is 31.8 Å². The lowest BCUT2D eigenvalue weighted by Crippen LogP contribution is -2.39. The normalized spacial score (nSPS) is 15.5. The van der Waals surface area contributed by atoms with Crippen LogP contribution in [0.25, 0.3) is 0 Å². The van der Waals surface area contributed by atoms with E-state index in [4.69, 9.17) is 16.3 Å². The summed E-state index contributed by atoms with van der Waals surface area (Å²) in [6, 6.07) is 13.4. The van der Waals surface area contributed by atoms with Crippen LogP contribution in [0.5, 0.6) is 0 Å². The number of alkyl halides is 3. The molecule has 190 valence electrons. The maximum Gasteiger partial charge on any atom is 0.405 e. The predicted molar refractivity (Wildman–Crippen MR) is 122 cm³/mol. The monoisotopic (exact) mass is 532 g/mol. The smallest absolute Gasteiger partial charge is 0.405 e. The minimum Gasteiger partial charge on any atom is -0.452 e. The molecule has 1 N–H and O–H groups in total. The quantitative estimate of drug-likeness (QED) is 0.522. The van der Waals surface area contributed by atoms with E-state index < -0.39 is 41.2 Å². The van der Waals surface area contributed by atoms with Gasteiger partial charge in [0, 0.05) is 13.1 Å². The first-order valence-electron chi connectivity index (χ1n) is 10.8. The molecule has 0 spiro atoms. The number of esters is 1. The van der Waals surface area contributed by atoms with E-state index in [2.05, 4.69) is 0 Å². The Labute approximate surface area is 206 Å². The predicted octanol–water partition coefficient (Wildman–Crippen LogP) is 3.82. The number of nitrogens with one attached hydrogen (secondary N) is 1. The van der Waals surface area contributed by atoms with Gasteiger partial charge in [-0.25, -0.2) is 13.2 Å². The Morgan fingerprint density at radius 2 is 1.74 bits per heavy atom. The van der Waals surface area contributed by atoms with Gasteiger partial charge in [-0.3, -0.25) is 4.79 Å². The van der Waals surface area contributed by atoms with Crippen LogP contribution in [0.2, 0.25) is 5.02 Å². The molecule has 0 saturated carbocycles. The minimum atomic E-state index is -4.60. The van der Waals surface area contributed by atoms with Crippen molar-refractivity contribution in [3.63, 3.8) is 0 Å². The Hall–Kier alpha value is -2.63. The second kappa shape index (κ2) is 11.4. The van der Waals surface area contributed by atoms with Gasteiger partial charge in [0.15, 0.2) is 6.61 Å². The lowest BCUT2D eigenvalue weighted by Gasteiger charge is -2.31. The lowest BCUT2D eigenvalue weighted by atomic mass is 9.91. The molecule has 7 nitrogen and oxygen atoms in total. The minimum absolute atomic E-state index is 0.0871. The lowest BCUT2D eigenvalue weighted by molar-refractivity contribution is -0.140. The Morgan fingerprint density at radius 1 is 1.09 bits per heavy atom. The van der Waals surface area contributed by atoms with Crippen LogP contribution in [0.1, 0.15) is 28.8 Å². The number of carbonyl (C=O) groups excluding carboxylic acids is 2. The van der Waals surface area contributed by atoms with Crippen LogP contribution in [-0.2, 0) is 26.0 Å². The summed E-state index contributed by atoms with van der Waals surface area (Å²) >= 11 is 6.12. The molecule has 12 heteroatoms. The highest BCUT2D eigenvalue weighted by atomic mass is 35.5. The Bertz CT molecular complexity index is 1150. The molecule has 2 aromatic rings. The molecule has 2 aromatic carbocycles. The van der Waals surface area contributed by atoms with Gasteiger partial charge >= 0.3 is 12.1 Å². The summed E-state index contributed by atoms with van der Waals surface area (Å²) in [5, 5.41) is 1.48. The van der Waals surface area contributed by atoms with Crippen LogP contribution in [-0.4, -0.2) is 57.0 Å². The van der Waals surface area contributed by atoms with Crippen molar-refractivity contribution < 1.29 is 35.9 Å². The number of rotatable bonds is 8. The summed E-state index contributed by atoms with van der Waals surface area (Å²) < 4.78 is 68.9. The highest BCUT2D eigenvalue weighted by Crippen LogP contribution is 2.30. The third-order valence-electron chi connectivity index (χ3n) is 5.55. The van der Waals surface area contributed by atoms with Crippen molar-refractivity contribution in [1.82, 2.24) is 9.62 Å². The molecule has 1 aliphatic rings. The van der Waals surface area contributed by atoms with Crippen LogP contribution < -0.4 is 5.32 Å². The molecule has 1 aliphatic heterocycles. The fourth-order valence-corrected chi connectivity index (χ4v) is 5.70. The first-order valence-corrected chi connectivity index (χ1v) is 12.6. The third kappa shape index (κ3) is 7.68. The number of amides is 1. The van der Waals surface area contributed by atoms with E-state index in [1.165, 1.54) is 22.0 Å². The van der Waals surface area contributed by atoms with Gasteiger partial charge in [-0.15, -0.1) is 0 Å². The topological polar surface area (TPSA) is 92.8 Å². The van der Waals surface area contributed by atoms with Gasteiger partial charge < -0.3 is 10.1 Å². The first-order chi connectivity index (χ1) is 16.5. The number of sulfonamides is 1. The van der Waals surface area contributed by atoms with Gasteiger partial charge in [-0.2, -0.15) is 17.5 Å². The van der Waals surface area contributed by atoms with Gasteiger partial charge in [0.2, 0.25) is 10.0 Å². The molecule has 0 bridgehead atoms. The van der Waals surface area contributed by atoms with Crippen LogP contribution >= 0.6 is 11.6 Å². The number of hydrogen-bond acceptors (Lipinski definition) is 5.